The standard InChI is InChI=1S/C19H23N3.2C2H6/c1-2-6-16(7-3-1)15-21-10-12-22(13-11-21)19-18-9-5-4-8-17(18)14-20-19;2*1-2/h1-9,17-18H,10-15H2;2*1-2H3. The van der Waals surface area contributed by atoms with E-state index >= 15 is 0 Å². The lowest BCUT2D eigenvalue weighted by molar-refractivity contribution is 0.172. The van der Waals surface area contributed by atoms with Gasteiger partial charge in [-0.25, -0.2) is 0 Å². The predicted molar refractivity (Wildman–Crippen MR) is 114 cm³/mol. The molecule has 0 aromatic heterocycles. The van der Waals surface area contributed by atoms with Crippen LogP contribution in [-0.4, -0.2) is 48.4 Å². The first kappa shape index (κ1) is 20.4. The Kier molecular flexibility index (Phi) is 8.63. The SMILES string of the molecule is C1=CC2CN=C(N3CCN(Cc4ccccc4)CC3)C2C=C1.CC.CC. The van der Waals surface area contributed by atoms with Crippen molar-refractivity contribution in [1.82, 2.24) is 9.80 Å². The van der Waals surface area contributed by atoms with Gasteiger partial charge in [0.15, 0.2) is 0 Å². The van der Waals surface area contributed by atoms with E-state index in [2.05, 4.69) is 64.4 Å². The molecular formula is C23H35N3. The van der Waals surface area contributed by atoms with Crippen molar-refractivity contribution in [2.45, 2.75) is 34.2 Å². The molecule has 1 aliphatic carbocycles. The molecule has 4 rings (SSSR count). The second-order valence-electron chi connectivity index (χ2n) is 6.41. The van der Waals surface area contributed by atoms with Crippen LogP contribution in [0, 0.1) is 11.8 Å². The minimum absolute atomic E-state index is 0.519. The lowest BCUT2D eigenvalue weighted by Crippen LogP contribution is -2.49. The van der Waals surface area contributed by atoms with Crippen molar-refractivity contribution in [1.29, 1.82) is 0 Å². The minimum Gasteiger partial charge on any atom is -0.357 e. The first-order valence-electron chi connectivity index (χ1n) is 10.3. The molecule has 2 atom stereocenters. The fraction of sp³-hybridized carbons (Fsp3) is 0.522. The molecule has 0 bridgehead atoms. The lowest BCUT2D eigenvalue weighted by atomic mass is 9.89. The normalized spacial score (nSPS) is 24.0. The van der Waals surface area contributed by atoms with E-state index in [0.29, 0.717) is 11.8 Å². The molecule has 0 radical (unpaired) electrons. The zero-order valence-corrected chi connectivity index (χ0v) is 16.9. The van der Waals surface area contributed by atoms with Crippen LogP contribution in [0.2, 0.25) is 0 Å². The highest BCUT2D eigenvalue weighted by Gasteiger charge is 2.33. The van der Waals surface area contributed by atoms with Gasteiger partial charge in [0.05, 0.1) is 0 Å². The molecule has 0 saturated carbocycles. The first-order chi connectivity index (χ1) is 12.9. The van der Waals surface area contributed by atoms with Crippen molar-refractivity contribution in [2.24, 2.45) is 16.8 Å². The van der Waals surface area contributed by atoms with Crippen LogP contribution in [0.1, 0.15) is 33.3 Å². The highest BCUT2D eigenvalue weighted by Crippen LogP contribution is 2.29. The Labute approximate surface area is 160 Å². The van der Waals surface area contributed by atoms with Gasteiger partial charge in [-0.05, 0) is 5.56 Å². The molecule has 142 valence electrons. The number of hydrogen-bond donors (Lipinski definition) is 0. The van der Waals surface area contributed by atoms with E-state index in [0.717, 1.165) is 39.3 Å². The maximum atomic E-state index is 4.83. The highest BCUT2D eigenvalue weighted by atomic mass is 15.3. The Hall–Kier alpha value is -1.87. The van der Waals surface area contributed by atoms with E-state index in [-0.39, 0.29) is 0 Å². The first-order valence-corrected chi connectivity index (χ1v) is 10.3. The Morgan fingerprint density at radius 3 is 2.23 bits per heavy atom. The summed E-state index contributed by atoms with van der Waals surface area (Å²) in [5.74, 6) is 2.44. The summed E-state index contributed by atoms with van der Waals surface area (Å²) >= 11 is 0. The van der Waals surface area contributed by atoms with Crippen LogP contribution < -0.4 is 0 Å². The average Bonchev–Trinajstić information content (AvgIpc) is 3.17. The maximum absolute atomic E-state index is 4.83. The zero-order chi connectivity index (χ0) is 18.8. The third-order valence-corrected chi connectivity index (χ3v) is 4.96. The number of amidine groups is 1. The van der Waals surface area contributed by atoms with Gasteiger partial charge in [-0.1, -0.05) is 82.3 Å². The van der Waals surface area contributed by atoms with E-state index in [4.69, 9.17) is 4.99 Å². The molecule has 26 heavy (non-hydrogen) atoms. The van der Waals surface area contributed by atoms with E-state index in [1.807, 2.05) is 27.7 Å². The van der Waals surface area contributed by atoms with E-state index in [1.54, 1.807) is 0 Å². The Bertz CT molecular complexity index is 595. The minimum atomic E-state index is 0.519. The number of hydrogen-bond acceptors (Lipinski definition) is 3. The van der Waals surface area contributed by atoms with Crippen LogP contribution in [-0.2, 0) is 6.54 Å². The van der Waals surface area contributed by atoms with Crippen LogP contribution in [0.25, 0.3) is 0 Å². The van der Waals surface area contributed by atoms with E-state index in [1.165, 1.54) is 11.4 Å². The molecule has 3 aliphatic rings. The smallest absolute Gasteiger partial charge is 0.107 e. The number of allylic oxidation sites excluding steroid dienone is 2. The van der Waals surface area contributed by atoms with Gasteiger partial charge in [-0.15, -0.1) is 0 Å². The van der Waals surface area contributed by atoms with Gasteiger partial charge in [0.25, 0.3) is 0 Å². The molecule has 3 heteroatoms. The topological polar surface area (TPSA) is 18.8 Å². The van der Waals surface area contributed by atoms with Crippen molar-refractivity contribution in [2.75, 3.05) is 32.7 Å². The van der Waals surface area contributed by atoms with Gasteiger partial charge in [-0.2, -0.15) is 0 Å². The fourth-order valence-corrected chi connectivity index (χ4v) is 3.70. The summed E-state index contributed by atoms with van der Waals surface area (Å²) in [5, 5.41) is 0. The molecule has 0 amide bonds. The van der Waals surface area contributed by atoms with Gasteiger partial charge in [-0.3, -0.25) is 9.89 Å². The number of aliphatic imine (C=N–C) groups is 1. The Balaban J connectivity index is 0.000000570. The van der Waals surface area contributed by atoms with Crippen LogP contribution in [0.3, 0.4) is 0 Å². The summed E-state index contributed by atoms with van der Waals surface area (Å²) in [4.78, 5) is 9.90. The Morgan fingerprint density at radius 2 is 1.54 bits per heavy atom. The fourth-order valence-electron chi connectivity index (χ4n) is 3.70. The quantitative estimate of drug-likeness (QED) is 0.772. The molecule has 2 aliphatic heterocycles. The van der Waals surface area contributed by atoms with Crippen molar-refractivity contribution >= 4 is 5.84 Å². The summed E-state index contributed by atoms with van der Waals surface area (Å²) in [6.07, 6.45) is 8.98. The van der Waals surface area contributed by atoms with Crippen LogP contribution in [0.5, 0.6) is 0 Å². The number of piperazine rings is 1. The summed E-state index contributed by atoms with van der Waals surface area (Å²) in [6, 6.07) is 10.8. The number of benzene rings is 1. The molecule has 1 aromatic carbocycles. The largest absolute Gasteiger partial charge is 0.357 e. The van der Waals surface area contributed by atoms with Gasteiger partial charge in [0.1, 0.15) is 5.84 Å². The van der Waals surface area contributed by atoms with Gasteiger partial charge >= 0.3 is 0 Å². The summed E-state index contributed by atoms with van der Waals surface area (Å²) in [5.41, 5.74) is 1.41. The summed E-state index contributed by atoms with van der Waals surface area (Å²) in [6.45, 7) is 14.5. The molecule has 0 N–H and O–H groups in total. The lowest BCUT2D eigenvalue weighted by Gasteiger charge is -2.37. The summed E-state index contributed by atoms with van der Waals surface area (Å²) in [7, 11) is 0. The zero-order valence-electron chi connectivity index (χ0n) is 16.9. The third kappa shape index (κ3) is 5.07. The molecule has 1 fully saturated rings. The van der Waals surface area contributed by atoms with Crippen molar-refractivity contribution < 1.29 is 0 Å². The second-order valence-corrected chi connectivity index (χ2v) is 6.41. The number of fused-ring (bicyclic) bond motifs is 1. The molecule has 1 saturated heterocycles. The van der Waals surface area contributed by atoms with Crippen molar-refractivity contribution in [3.05, 3.63) is 60.2 Å². The maximum Gasteiger partial charge on any atom is 0.107 e. The van der Waals surface area contributed by atoms with Gasteiger partial charge in [0, 0.05) is 51.1 Å². The van der Waals surface area contributed by atoms with Crippen LogP contribution >= 0.6 is 0 Å². The Morgan fingerprint density at radius 1 is 0.885 bits per heavy atom. The van der Waals surface area contributed by atoms with Crippen molar-refractivity contribution in [3.63, 3.8) is 0 Å². The van der Waals surface area contributed by atoms with E-state index in [9.17, 15) is 0 Å². The highest BCUT2D eigenvalue weighted by molar-refractivity contribution is 5.89. The van der Waals surface area contributed by atoms with Crippen LogP contribution in [0.15, 0.2) is 59.6 Å². The molecule has 2 unspecified atom stereocenters. The third-order valence-electron chi connectivity index (χ3n) is 4.96. The molecule has 1 aromatic rings. The van der Waals surface area contributed by atoms with Crippen LogP contribution in [0.4, 0.5) is 0 Å². The molecular weight excluding hydrogens is 318 g/mol. The van der Waals surface area contributed by atoms with Gasteiger partial charge < -0.3 is 4.90 Å². The predicted octanol–water partition coefficient (Wildman–Crippen LogP) is 4.63. The number of nitrogens with zero attached hydrogens (tertiary/aromatic N) is 3. The molecule has 0 spiro atoms. The van der Waals surface area contributed by atoms with E-state index < -0.39 is 0 Å². The molecule has 3 nitrogen and oxygen atoms in total. The molecule has 2 heterocycles. The van der Waals surface area contributed by atoms with Crippen molar-refractivity contribution in [3.8, 4) is 0 Å². The monoisotopic (exact) mass is 353 g/mol. The average molecular weight is 354 g/mol. The summed E-state index contributed by atoms with van der Waals surface area (Å²) < 4.78 is 0. The number of rotatable bonds is 2. The van der Waals surface area contributed by atoms with Gasteiger partial charge in [0.2, 0.25) is 0 Å². The second kappa shape index (κ2) is 11.0.